The van der Waals surface area contributed by atoms with E-state index in [0.29, 0.717) is 5.92 Å². The first-order chi connectivity index (χ1) is 16.6. The Hall–Kier alpha value is -1.76. The van der Waals surface area contributed by atoms with Crippen molar-refractivity contribution in [1.82, 2.24) is 10.2 Å². The zero-order chi connectivity index (χ0) is 23.8. The van der Waals surface area contributed by atoms with Crippen LogP contribution in [0.15, 0.2) is 51.1 Å². The molecule has 3 aliphatic rings. The van der Waals surface area contributed by atoms with Gasteiger partial charge in [0.2, 0.25) is 0 Å². The van der Waals surface area contributed by atoms with Crippen molar-refractivity contribution in [3.8, 4) is 0 Å². The summed E-state index contributed by atoms with van der Waals surface area (Å²) in [5, 5.41) is 14.3. The van der Waals surface area contributed by atoms with Crippen molar-refractivity contribution in [1.29, 1.82) is 0 Å². The molecule has 184 valence electrons. The van der Waals surface area contributed by atoms with E-state index >= 15 is 0 Å². The molecule has 1 saturated heterocycles. The summed E-state index contributed by atoms with van der Waals surface area (Å²) in [7, 11) is 2.11. The standard InChI is InChI=1S/C28H41N5S/c1-4-7-23-11-14-26(31-32-27(23)24-8-5-16-30-20-24)34-19-6-17-33-18-15-28(21-33,29-3)25-12-9-22(2)10-13-25/h8-10,12-13,20,23,29H,4-7,11,14-19,21H2,1-3H3. The van der Waals surface area contributed by atoms with Gasteiger partial charge in [-0.25, -0.2) is 0 Å². The fraction of sp³-hybridized carbons (Fsp3) is 0.607. The molecule has 0 saturated carbocycles. The van der Waals surface area contributed by atoms with Crippen LogP contribution in [0.1, 0.15) is 63.0 Å². The predicted molar refractivity (Wildman–Crippen MR) is 149 cm³/mol. The minimum Gasteiger partial charge on any atom is -0.309 e. The van der Waals surface area contributed by atoms with Crippen LogP contribution in [0.25, 0.3) is 0 Å². The zero-order valence-electron chi connectivity index (χ0n) is 21.2. The van der Waals surface area contributed by atoms with Gasteiger partial charge >= 0.3 is 0 Å². The highest BCUT2D eigenvalue weighted by atomic mass is 32.2. The van der Waals surface area contributed by atoms with E-state index in [0.717, 1.165) is 56.9 Å². The van der Waals surface area contributed by atoms with Gasteiger partial charge in [0.15, 0.2) is 0 Å². The molecule has 0 amide bonds. The summed E-state index contributed by atoms with van der Waals surface area (Å²) in [6.45, 7) is 8.71. The number of hydrogen-bond acceptors (Lipinski definition) is 6. The van der Waals surface area contributed by atoms with E-state index in [1.165, 1.54) is 47.4 Å². The summed E-state index contributed by atoms with van der Waals surface area (Å²) in [6, 6.07) is 9.06. The minimum atomic E-state index is 0.0860. The van der Waals surface area contributed by atoms with Crippen molar-refractivity contribution >= 4 is 28.7 Å². The van der Waals surface area contributed by atoms with Gasteiger partial charge in [-0.05, 0) is 64.6 Å². The summed E-state index contributed by atoms with van der Waals surface area (Å²) in [6.07, 6.45) is 12.2. The molecule has 5 nitrogen and oxygen atoms in total. The molecule has 0 aliphatic carbocycles. The van der Waals surface area contributed by atoms with E-state index in [2.05, 4.69) is 66.4 Å². The van der Waals surface area contributed by atoms with Crippen LogP contribution in [-0.4, -0.2) is 60.8 Å². The number of dihydropyridines is 1. The van der Waals surface area contributed by atoms with Crippen LogP contribution in [0.5, 0.6) is 0 Å². The molecule has 1 N–H and O–H groups in total. The molecule has 3 aliphatic heterocycles. The lowest BCUT2D eigenvalue weighted by Crippen LogP contribution is -2.42. The van der Waals surface area contributed by atoms with Crippen molar-refractivity contribution in [3.63, 3.8) is 0 Å². The Morgan fingerprint density at radius 1 is 1.21 bits per heavy atom. The number of aliphatic imine (C=N–C) groups is 1. The number of likely N-dealkylation sites (N-methyl/N-ethyl adjacent to an activating group) is 1. The highest BCUT2D eigenvalue weighted by Gasteiger charge is 2.37. The number of nitrogens with one attached hydrogen (secondary N) is 1. The third kappa shape index (κ3) is 6.27. The molecular formula is C28H41N5S. The molecule has 1 aromatic carbocycles. The Labute approximate surface area is 210 Å². The van der Waals surface area contributed by atoms with Crippen LogP contribution < -0.4 is 5.32 Å². The van der Waals surface area contributed by atoms with Gasteiger partial charge in [-0.2, -0.15) is 5.10 Å². The molecule has 34 heavy (non-hydrogen) atoms. The maximum absolute atomic E-state index is 4.76. The van der Waals surface area contributed by atoms with Crippen LogP contribution >= 0.6 is 11.8 Å². The highest BCUT2D eigenvalue weighted by molar-refractivity contribution is 8.13. The number of aryl methyl sites for hydroxylation is 1. The van der Waals surface area contributed by atoms with E-state index in [9.17, 15) is 0 Å². The fourth-order valence-electron chi connectivity index (χ4n) is 5.40. The van der Waals surface area contributed by atoms with Gasteiger partial charge in [0.1, 0.15) is 0 Å². The summed E-state index contributed by atoms with van der Waals surface area (Å²) >= 11 is 1.91. The number of benzene rings is 1. The fourth-order valence-corrected chi connectivity index (χ4v) is 6.26. The van der Waals surface area contributed by atoms with E-state index < -0.39 is 0 Å². The molecule has 3 heterocycles. The van der Waals surface area contributed by atoms with Gasteiger partial charge in [-0.3, -0.25) is 4.99 Å². The zero-order valence-corrected chi connectivity index (χ0v) is 22.0. The Morgan fingerprint density at radius 3 is 2.79 bits per heavy atom. The first-order valence-electron chi connectivity index (χ1n) is 13.1. The SMILES string of the molecule is CCCC1CCC(SCCCN2CCC(NC)(c3ccc(C)cc3)C2)=NN=C1C1=CCCN=C1. The normalized spacial score (nSPS) is 25.6. The first kappa shape index (κ1) is 25.3. The summed E-state index contributed by atoms with van der Waals surface area (Å²) in [4.78, 5) is 7.10. The maximum Gasteiger partial charge on any atom is 0.0959 e. The van der Waals surface area contributed by atoms with Crippen LogP contribution in [0.4, 0.5) is 0 Å². The van der Waals surface area contributed by atoms with Crippen molar-refractivity contribution in [2.45, 2.75) is 64.3 Å². The number of likely N-dealkylation sites (tertiary alicyclic amines) is 1. The third-order valence-corrected chi connectivity index (χ3v) is 8.58. The minimum absolute atomic E-state index is 0.0860. The van der Waals surface area contributed by atoms with E-state index in [-0.39, 0.29) is 5.54 Å². The van der Waals surface area contributed by atoms with Gasteiger partial charge in [-0.1, -0.05) is 49.2 Å². The van der Waals surface area contributed by atoms with Crippen LogP contribution in [0.2, 0.25) is 0 Å². The van der Waals surface area contributed by atoms with E-state index in [1.807, 2.05) is 18.0 Å². The van der Waals surface area contributed by atoms with Crippen molar-refractivity contribution in [2.75, 3.05) is 39.0 Å². The molecule has 6 heteroatoms. The number of thioether (sulfide) groups is 1. The summed E-state index contributed by atoms with van der Waals surface area (Å²) in [5.74, 6) is 1.61. The second-order valence-electron chi connectivity index (χ2n) is 9.91. The van der Waals surface area contributed by atoms with Gasteiger partial charge in [0, 0.05) is 43.1 Å². The Kier molecular flexibility index (Phi) is 9.15. The lowest BCUT2D eigenvalue weighted by molar-refractivity contribution is 0.293. The molecular weight excluding hydrogens is 438 g/mol. The quantitative estimate of drug-likeness (QED) is 0.469. The van der Waals surface area contributed by atoms with Gasteiger partial charge in [-0.15, -0.1) is 16.9 Å². The summed E-state index contributed by atoms with van der Waals surface area (Å²) < 4.78 is 0. The molecule has 0 aromatic heterocycles. The lowest BCUT2D eigenvalue weighted by atomic mass is 9.88. The van der Waals surface area contributed by atoms with Gasteiger partial charge in [0.25, 0.3) is 0 Å². The Balaban J connectivity index is 1.28. The predicted octanol–water partition coefficient (Wildman–Crippen LogP) is 5.60. The second-order valence-corrected chi connectivity index (χ2v) is 11.1. The lowest BCUT2D eigenvalue weighted by Gasteiger charge is -2.30. The largest absolute Gasteiger partial charge is 0.309 e. The van der Waals surface area contributed by atoms with Crippen molar-refractivity contribution in [3.05, 3.63) is 47.0 Å². The molecule has 0 bridgehead atoms. The number of nitrogens with zero attached hydrogens (tertiary/aromatic N) is 4. The topological polar surface area (TPSA) is 52.3 Å². The van der Waals surface area contributed by atoms with Crippen molar-refractivity contribution < 1.29 is 0 Å². The van der Waals surface area contributed by atoms with E-state index in [4.69, 9.17) is 10.2 Å². The molecule has 0 radical (unpaired) electrons. The summed E-state index contributed by atoms with van der Waals surface area (Å²) in [5.41, 5.74) is 5.19. The average Bonchev–Trinajstić information content (AvgIpc) is 3.19. The van der Waals surface area contributed by atoms with Crippen LogP contribution in [-0.2, 0) is 5.54 Å². The molecule has 0 spiro atoms. The maximum atomic E-state index is 4.76. The number of rotatable bonds is 9. The van der Waals surface area contributed by atoms with Crippen molar-refractivity contribution in [2.24, 2.45) is 21.1 Å². The van der Waals surface area contributed by atoms with Gasteiger partial charge in [0.05, 0.1) is 16.3 Å². The monoisotopic (exact) mass is 479 g/mol. The molecule has 1 fully saturated rings. The second kappa shape index (κ2) is 12.3. The highest BCUT2D eigenvalue weighted by Crippen LogP contribution is 2.32. The number of hydrogen-bond donors (Lipinski definition) is 1. The smallest absolute Gasteiger partial charge is 0.0959 e. The van der Waals surface area contributed by atoms with Crippen LogP contribution in [0, 0.1) is 12.8 Å². The third-order valence-electron chi connectivity index (χ3n) is 7.47. The molecule has 2 atom stereocenters. The first-order valence-corrected chi connectivity index (χ1v) is 14.1. The Bertz CT molecular complexity index is 933. The molecule has 1 aromatic rings. The molecule has 4 rings (SSSR count). The molecule has 2 unspecified atom stereocenters. The van der Waals surface area contributed by atoms with Gasteiger partial charge < -0.3 is 10.2 Å². The Morgan fingerprint density at radius 2 is 2.06 bits per heavy atom. The average molecular weight is 480 g/mol. The van der Waals surface area contributed by atoms with E-state index in [1.54, 1.807) is 0 Å². The van der Waals surface area contributed by atoms with Crippen LogP contribution in [0.3, 0.4) is 0 Å². The number of allylic oxidation sites excluding steroid dienone is 1.